The highest BCUT2D eigenvalue weighted by molar-refractivity contribution is 4.78. The van der Waals surface area contributed by atoms with Crippen LogP contribution in [0, 0.1) is 5.92 Å². The highest BCUT2D eigenvalue weighted by Gasteiger charge is 2.22. The molecule has 2 rings (SSSR count). The maximum absolute atomic E-state index is 9.91. The van der Waals surface area contributed by atoms with E-state index in [1.807, 2.05) is 0 Å². The second kappa shape index (κ2) is 7.46. The molecule has 0 bridgehead atoms. The van der Waals surface area contributed by atoms with Crippen LogP contribution in [0.3, 0.4) is 0 Å². The average Bonchev–Trinajstić information content (AvgIpc) is 3.05. The predicted molar refractivity (Wildman–Crippen MR) is 73.6 cm³/mol. The summed E-state index contributed by atoms with van der Waals surface area (Å²) in [6.45, 7) is 3.42. The van der Waals surface area contributed by atoms with E-state index in [-0.39, 0.29) is 6.10 Å². The molecule has 2 saturated carbocycles. The molecular formula is C15H29NO2. The normalized spacial score (nSPS) is 25.7. The Hall–Kier alpha value is -0.120. The van der Waals surface area contributed by atoms with E-state index in [4.69, 9.17) is 4.74 Å². The molecular weight excluding hydrogens is 226 g/mol. The summed E-state index contributed by atoms with van der Waals surface area (Å²) in [4.78, 5) is 0. The molecule has 0 amide bonds. The van der Waals surface area contributed by atoms with Crippen LogP contribution >= 0.6 is 0 Å². The van der Waals surface area contributed by atoms with Gasteiger partial charge in [-0.2, -0.15) is 0 Å². The Morgan fingerprint density at radius 2 is 1.72 bits per heavy atom. The Bertz CT molecular complexity index is 223. The van der Waals surface area contributed by atoms with Crippen molar-refractivity contribution < 1.29 is 9.84 Å². The minimum absolute atomic E-state index is 0.352. The Kier molecular flexibility index (Phi) is 5.93. The summed E-state index contributed by atoms with van der Waals surface area (Å²) in [6, 6.07) is 0.536. The fourth-order valence-corrected chi connectivity index (χ4v) is 3.31. The molecule has 0 saturated heterocycles. The van der Waals surface area contributed by atoms with Gasteiger partial charge in [0.25, 0.3) is 0 Å². The van der Waals surface area contributed by atoms with Crippen LogP contribution in [0.15, 0.2) is 0 Å². The van der Waals surface area contributed by atoms with Crippen molar-refractivity contribution in [1.29, 1.82) is 0 Å². The van der Waals surface area contributed by atoms with Gasteiger partial charge in [-0.15, -0.1) is 0 Å². The highest BCUT2D eigenvalue weighted by atomic mass is 16.5. The summed E-state index contributed by atoms with van der Waals surface area (Å²) in [5.41, 5.74) is 0. The van der Waals surface area contributed by atoms with Crippen LogP contribution in [0.4, 0.5) is 0 Å². The second-order valence-electron chi connectivity index (χ2n) is 6.14. The molecule has 0 aromatic heterocycles. The molecule has 3 nitrogen and oxygen atoms in total. The van der Waals surface area contributed by atoms with Crippen LogP contribution in [-0.2, 0) is 4.74 Å². The van der Waals surface area contributed by atoms with E-state index >= 15 is 0 Å². The SMILES string of the molecule is C[C@H](NCC(O)COC1CCCC1)C1CCCC1. The summed E-state index contributed by atoms with van der Waals surface area (Å²) in [5, 5.41) is 13.4. The van der Waals surface area contributed by atoms with E-state index in [0.717, 1.165) is 5.92 Å². The molecule has 0 radical (unpaired) electrons. The number of ether oxygens (including phenoxy) is 1. The van der Waals surface area contributed by atoms with Crippen molar-refractivity contribution in [2.45, 2.75) is 76.5 Å². The van der Waals surface area contributed by atoms with Gasteiger partial charge in [0.05, 0.1) is 18.8 Å². The topological polar surface area (TPSA) is 41.5 Å². The third-order valence-corrected chi connectivity index (χ3v) is 4.61. The first-order valence-electron chi connectivity index (χ1n) is 7.78. The van der Waals surface area contributed by atoms with Gasteiger partial charge in [0.2, 0.25) is 0 Å². The number of rotatable bonds is 7. The van der Waals surface area contributed by atoms with Gasteiger partial charge in [-0.05, 0) is 38.5 Å². The van der Waals surface area contributed by atoms with E-state index in [2.05, 4.69) is 12.2 Å². The van der Waals surface area contributed by atoms with Gasteiger partial charge in [-0.25, -0.2) is 0 Å². The van der Waals surface area contributed by atoms with Crippen LogP contribution in [0.2, 0.25) is 0 Å². The first kappa shape index (κ1) is 14.3. The maximum atomic E-state index is 9.91. The summed E-state index contributed by atoms with van der Waals surface area (Å²) >= 11 is 0. The van der Waals surface area contributed by atoms with Crippen molar-refractivity contribution in [2.24, 2.45) is 5.92 Å². The van der Waals surface area contributed by atoms with Crippen LogP contribution in [0.1, 0.15) is 58.3 Å². The van der Waals surface area contributed by atoms with Gasteiger partial charge in [0.1, 0.15) is 0 Å². The molecule has 2 aliphatic rings. The molecule has 2 fully saturated rings. The molecule has 2 N–H and O–H groups in total. The number of nitrogens with one attached hydrogen (secondary N) is 1. The molecule has 18 heavy (non-hydrogen) atoms. The summed E-state index contributed by atoms with van der Waals surface area (Å²) in [6.07, 6.45) is 10.5. The molecule has 1 unspecified atom stereocenters. The van der Waals surface area contributed by atoms with E-state index in [9.17, 15) is 5.11 Å². The first-order valence-corrected chi connectivity index (χ1v) is 7.78. The molecule has 0 aromatic rings. The fourth-order valence-electron chi connectivity index (χ4n) is 3.31. The number of aliphatic hydroxyl groups excluding tert-OH is 1. The minimum Gasteiger partial charge on any atom is -0.389 e. The summed E-state index contributed by atoms with van der Waals surface area (Å²) < 4.78 is 5.73. The number of hydrogen-bond donors (Lipinski definition) is 2. The van der Waals surface area contributed by atoms with Gasteiger partial charge >= 0.3 is 0 Å². The molecule has 3 heteroatoms. The standard InChI is InChI=1S/C15H29NO2/c1-12(13-6-2-3-7-13)16-10-14(17)11-18-15-8-4-5-9-15/h12-17H,2-11H2,1H3/t12-,14?/m0/s1. The zero-order valence-corrected chi connectivity index (χ0v) is 11.7. The molecule has 2 aliphatic carbocycles. The van der Waals surface area contributed by atoms with E-state index in [0.29, 0.717) is 25.3 Å². The van der Waals surface area contributed by atoms with Crippen LogP contribution < -0.4 is 5.32 Å². The molecule has 2 atom stereocenters. The first-order chi connectivity index (χ1) is 8.75. The maximum Gasteiger partial charge on any atom is 0.0897 e. The third-order valence-electron chi connectivity index (χ3n) is 4.61. The molecule has 106 valence electrons. The van der Waals surface area contributed by atoms with Crippen LogP contribution in [-0.4, -0.2) is 36.5 Å². The Labute approximate surface area is 111 Å². The Balaban J connectivity index is 1.54. The van der Waals surface area contributed by atoms with Crippen LogP contribution in [0.25, 0.3) is 0 Å². The smallest absolute Gasteiger partial charge is 0.0897 e. The van der Waals surface area contributed by atoms with Gasteiger partial charge in [-0.3, -0.25) is 0 Å². The second-order valence-corrected chi connectivity index (χ2v) is 6.14. The van der Waals surface area contributed by atoms with Gasteiger partial charge in [-0.1, -0.05) is 25.7 Å². The zero-order valence-electron chi connectivity index (χ0n) is 11.7. The third kappa shape index (κ3) is 4.52. The lowest BCUT2D eigenvalue weighted by atomic mass is 10.00. The quantitative estimate of drug-likeness (QED) is 0.734. The Morgan fingerprint density at radius 1 is 1.11 bits per heavy atom. The van der Waals surface area contributed by atoms with Crippen molar-refractivity contribution >= 4 is 0 Å². The van der Waals surface area contributed by atoms with Crippen molar-refractivity contribution in [2.75, 3.05) is 13.2 Å². The van der Waals surface area contributed by atoms with Gasteiger partial charge in [0, 0.05) is 12.6 Å². The average molecular weight is 255 g/mol. The molecule has 0 spiro atoms. The van der Waals surface area contributed by atoms with E-state index in [1.54, 1.807) is 0 Å². The van der Waals surface area contributed by atoms with Gasteiger partial charge in [0.15, 0.2) is 0 Å². The summed E-state index contributed by atoms with van der Waals surface area (Å²) in [5.74, 6) is 0.813. The van der Waals surface area contributed by atoms with Crippen molar-refractivity contribution in [3.63, 3.8) is 0 Å². The lowest BCUT2D eigenvalue weighted by Crippen LogP contribution is -2.39. The molecule has 0 aliphatic heterocycles. The summed E-state index contributed by atoms with van der Waals surface area (Å²) in [7, 11) is 0. The Morgan fingerprint density at radius 3 is 2.39 bits per heavy atom. The van der Waals surface area contributed by atoms with Crippen molar-refractivity contribution in [3.8, 4) is 0 Å². The minimum atomic E-state index is -0.352. The zero-order chi connectivity index (χ0) is 12.8. The number of hydrogen-bond acceptors (Lipinski definition) is 3. The lowest BCUT2D eigenvalue weighted by molar-refractivity contribution is -0.00659. The van der Waals surface area contributed by atoms with E-state index in [1.165, 1.54) is 51.4 Å². The van der Waals surface area contributed by atoms with Gasteiger partial charge < -0.3 is 15.2 Å². The van der Waals surface area contributed by atoms with E-state index < -0.39 is 0 Å². The molecule has 0 aromatic carbocycles. The monoisotopic (exact) mass is 255 g/mol. The van der Waals surface area contributed by atoms with Crippen molar-refractivity contribution in [3.05, 3.63) is 0 Å². The highest BCUT2D eigenvalue weighted by Crippen LogP contribution is 2.27. The lowest BCUT2D eigenvalue weighted by Gasteiger charge is -2.23. The molecule has 0 heterocycles. The number of aliphatic hydroxyl groups is 1. The van der Waals surface area contributed by atoms with Crippen LogP contribution in [0.5, 0.6) is 0 Å². The largest absolute Gasteiger partial charge is 0.389 e. The fraction of sp³-hybridized carbons (Fsp3) is 1.00. The predicted octanol–water partition coefficient (Wildman–Crippen LogP) is 2.47. The van der Waals surface area contributed by atoms with Crippen molar-refractivity contribution in [1.82, 2.24) is 5.32 Å².